The molecule has 2 N–H and O–H groups in total. The normalized spacial score (nSPS) is 27.4. The highest BCUT2D eigenvalue weighted by molar-refractivity contribution is 6.02. The number of rotatable bonds is 2. The number of nitrogens with zero attached hydrogens (tertiary/aromatic N) is 1. The lowest BCUT2D eigenvalue weighted by Gasteiger charge is -2.55. The molecule has 2 aliphatic rings. The van der Waals surface area contributed by atoms with Crippen LogP contribution < -0.4 is 0 Å². The molecule has 134 valence electrons. The first-order valence-corrected chi connectivity index (χ1v) is 9.18. The zero-order valence-electron chi connectivity index (χ0n) is 15.9. The van der Waals surface area contributed by atoms with Crippen LogP contribution in [0.25, 0.3) is 10.9 Å². The number of aliphatic hydroxyl groups is 1. The summed E-state index contributed by atoms with van der Waals surface area (Å²) in [6.45, 7) is 12.3. The molecule has 1 saturated carbocycles. The van der Waals surface area contributed by atoms with Gasteiger partial charge in [-0.2, -0.15) is 0 Å². The number of H-pyrrole nitrogens is 1. The van der Waals surface area contributed by atoms with Gasteiger partial charge >= 0.3 is 0 Å². The van der Waals surface area contributed by atoms with Gasteiger partial charge in [0.05, 0.1) is 6.61 Å². The minimum absolute atomic E-state index is 0.0729. The molecular weight excluding hydrogens is 312 g/mol. The number of aryl methyl sites for hydroxylation is 3. The largest absolute Gasteiger partial charge is 0.396 e. The quantitative estimate of drug-likeness (QED) is 0.878. The summed E-state index contributed by atoms with van der Waals surface area (Å²) < 4.78 is 0. The molecule has 4 rings (SSSR count). The van der Waals surface area contributed by atoms with Crippen LogP contribution in [-0.4, -0.2) is 40.6 Å². The summed E-state index contributed by atoms with van der Waals surface area (Å²) in [6.07, 6.45) is 0.995. The molecule has 0 bridgehead atoms. The predicted molar refractivity (Wildman–Crippen MR) is 99.8 cm³/mol. The Hall–Kier alpha value is -1.81. The van der Waals surface area contributed by atoms with Crippen LogP contribution >= 0.6 is 0 Å². The van der Waals surface area contributed by atoms with Crippen molar-refractivity contribution in [1.29, 1.82) is 0 Å². The first-order chi connectivity index (χ1) is 11.7. The fourth-order valence-electron chi connectivity index (χ4n) is 5.65. The van der Waals surface area contributed by atoms with Crippen molar-refractivity contribution in [3.8, 4) is 0 Å². The van der Waals surface area contributed by atoms with Gasteiger partial charge in [0, 0.05) is 29.4 Å². The van der Waals surface area contributed by atoms with Gasteiger partial charge in [0.15, 0.2) is 0 Å². The Morgan fingerprint density at radius 1 is 1.32 bits per heavy atom. The third-order valence-corrected chi connectivity index (χ3v) is 6.72. The molecule has 1 aromatic heterocycles. The predicted octanol–water partition coefficient (Wildman–Crippen LogP) is 3.57. The molecule has 1 amide bonds. The maximum atomic E-state index is 13.2. The second-order valence-electron chi connectivity index (χ2n) is 9.05. The van der Waals surface area contributed by atoms with E-state index in [1.54, 1.807) is 0 Å². The van der Waals surface area contributed by atoms with Crippen LogP contribution in [0.3, 0.4) is 0 Å². The van der Waals surface area contributed by atoms with E-state index < -0.39 is 0 Å². The lowest BCUT2D eigenvalue weighted by molar-refractivity contribution is -0.0977. The van der Waals surface area contributed by atoms with E-state index in [2.05, 4.69) is 44.8 Å². The van der Waals surface area contributed by atoms with Gasteiger partial charge in [-0.05, 0) is 55.7 Å². The van der Waals surface area contributed by atoms with Gasteiger partial charge in [-0.3, -0.25) is 4.79 Å². The van der Waals surface area contributed by atoms with Gasteiger partial charge in [0.1, 0.15) is 5.69 Å². The fourth-order valence-corrected chi connectivity index (χ4v) is 5.65. The molecule has 0 radical (unpaired) electrons. The molecule has 1 aliphatic carbocycles. The number of likely N-dealkylation sites (tertiary alicyclic amines) is 1. The van der Waals surface area contributed by atoms with Crippen molar-refractivity contribution in [2.45, 2.75) is 41.0 Å². The topological polar surface area (TPSA) is 56.3 Å². The minimum Gasteiger partial charge on any atom is -0.396 e. The number of carbonyl (C=O) groups is 1. The highest BCUT2D eigenvalue weighted by atomic mass is 16.3. The molecule has 1 aromatic carbocycles. The molecule has 2 heterocycles. The molecule has 25 heavy (non-hydrogen) atoms. The highest BCUT2D eigenvalue weighted by Gasteiger charge is 2.63. The molecule has 0 unspecified atom stereocenters. The van der Waals surface area contributed by atoms with Gasteiger partial charge in [0.25, 0.3) is 5.91 Å². The summed E-state index contributed by atoms with van der Waals surface area (Å²) >= 11 is 0. The van der Waals surface area contributed by atoms with E-state index in [9.17, 15) is 9.90 Å². The Kier molecular flexibility index (Phi) is 3.40. The van der Waals surface area contributed by atoms with Crippen molar-refractivity contribution in [2.24, 2.45) is 16.7 Å². The summed E-state index contributed by atoms with van der Waals surface area (Å²) in [4.78, 5) is 18.6. The van der Waals surface area contributed by atoms with Gasteiger partial charge in [-0.15, -0.1) is 0 Å². The molecule has 1 saturated heterocycles. The first kappa shape index (κ1) is 16.6. The Morgan fingerprint density at radius 2 is 2.04 bits per heavy atom. The lowest BCUT2D eigenvalue weighted by atomic mass is 9.48. The van der Waals surface area contributed by atoms with Crippen molar-refractivity contribution < 1.29 is 9.90 Å². The number of hydrogen-bond donors (Lipinski definition) is 2. The van der Waals surface area contributed by atoms with E-state index in [0.29, 0.717) is 18.2 Å². The Morgan fingerprint density at radius 3 is 2.64 bits per heavy atom. The lowest BCUT2D eigenvalue weighted by Crippen LogP contribution is -2.54. The molecule has 2 aromatic rings. The van der Waals surface area contributed by atoms with Gasteiger partial charge in [-0.1, -0.05) is 25.5 Å². The third-order valence-electron chi connectivity index (χ3n) is 6.72. The molecule has 4 nitrogen and oxygen atoms in total. The first-order valence-electron chi connectivity index (χ1n) is 9.18. The maximum absolute atomic E-state index is 13.2. The summed E-state index contributed by atoms with van der Waals surface area (Å²) in [5.41, 5.74) is 5.30. The monoisotopic (exact) mass is 340 g/mol. The SMILES string of the molecule is Cc1cc(C)c2[nH]c(C(=O)N3C[C@@H]4C(C)(C)C[C@]4(CO)C3)c(C)c2c1. The van der Waals surface area contributed by atoms with E-state index in [4.69, 9.17) is 0 Å². The molecule has 2 fully saturated rings. The summed E-state index contributed by atoms with van der Waals surface area (Å²) in [5, 5.41) is 11.1. The van der Waals surface area contributed by atoms with Crippen LogP contribution in [0, 0.1) is 37.5 Å². The summed E-state index contributed by atoms with van der Waals surface area (Å²) in [6, 6.07) is 4.29. The third kappa shape index (κ3) is 2.20. The fraction of sp³-hybridized carbons (Fsp3) is 0.571. The Balaban J connectivity index is 1.70. The number of aromatic amines is 1. The molecule has 0 spiro atoms. The number of aliphatic hydroxyl groups excluding tert-OH is 1. The van der Waals surface area contributed by atoms with Crippen LogP contribution in [0.15, 0.2) is 12.1 Å². The second kappa shape index (κ2) is 5.10. The average molecular weight is 340 g/mol. The van der Waals surface area contributed by atoms with E-state index >= 15 is 0 Å². The minimum atomic E-state index is -0.0917. The molecular formula is C21H28N2O2. The van der Waals surface area contributed by atoms with Crippen molar-refractivity contribution >= 4 is 16.8 Å². The van der Waals surface area contributed by atoms with E-state index in [1.165, 1.54) is 11.1 Å². The summed E-state index contributed by atoms with van der Waals surface area (Å²) in [7, 11) is 0. The number of carbonyl (C=O) groups excluding carboxylic acids is 1. The average Bonchev–Trinajstić information content (AvgIpc) is 3.04. The molecule has 1 aliphatic heterocycles. The zero-order chi connectivity index (χ0) is 18.1. The van der Waals surface area contributed by atoms with Gasteiger partial charge in [-0.25, -0.2) is 0 Å². The number of hydrogen-bond acceptors (Lipinski definition) is 2. The maximum Gasteiger partial charge on any atom is 0.270 e. The number of fused-ring (bicyclic) bond motifs is 2. The summed E-state index contributed by atoms with van der Waals surface area (Å²) in [5.74, 6) is 0.464. The Labute approximate surface area is 149 Å². The standard InChI is InChI=1S/C21H28N2O2/c1-12-6-13(2)17-15(7-12)14(3)18(22-17)19(25)23-8-16-20(4,5)9-21(16,10-23)11-24/h6-7,16,22,24H,8-11H2,1-5H3/t16-,21-/m1/s1. The number of benzene rings is 1. The van der Waals surface area contributed by atoms with Crippen molar-refractivity contribution in [3.63, 3.8) is 0 Å². The van der Waals surface area contributed by atoms with Crippen LogP contribution in [0.5, 0.6) is 0 Å². The number of amides is 1. The Bertz CT molecular complexity index is 880. The van der Waals surface area contributed by atoms with Crippen LogP contribution in [-0.2, 0) is 0 Å². The zero-order valence-corrected chi connectivity index (χ0v) is 15.9. The van der Waals surface area contributed by atoms with E-state index in [-0.39, 0.29) is 23.3 Å². The van der Waals surface area contributed by atoms with Crippen molar-refractivity contribution in [3.05, 3.63) is 34.5 Å². The van der Waals surface area contributed by atoms with Crippen molar-refractivity contribution in [2.75, 3.05) is 19.7 Å². The van der Waals surface area contributed by atoms with Gasteiger partial charge in [0.2, 0.25) is 0 Å². The molecule has 2 atom stereocenters. The van der Waals surface area contributed by atoms with Crippen LogP contribution in [0.1, 0.15) is 47.4 Å². The van der Waals surface area contributed by atoms with Gasteiger partial charge < -0.3 is 15.0 Å². The smallest absolute Gasteiger partial charge is 0.270 e. The van der Waals surface area contributed by atoms with Crippen molar-refractivity contribution in [1.82, 2.24) is 9.88 Å². The van der Waals surface area contributed by atoms with E-state index in [0.717, 1.165) is 29.4 Å². The number of nitrogens with one attached hydrogen (secondary N) is 1. The highest BCUT2D eigenvalue weighted by Crippen LogP contribution is 2.62. The second-order valence-corrected chi connectivity index (χ2v) is 9.05. The van der Waals surface area contributed by atoms with Crippen LogP contribution in [0.2, 0.25) is 0 Å². The van der Waals surface area contributed by atoms with Crippen LogP contribution in [0.4, 0.5) is 0 Å². The number of aromatic nitrogens is 1. The molecule has 4 heteroatoms. The van der Waals surface area contributed by atoms with E-state index in [1.807, 2.05) is 11.8 Å².